The molecule has 0 fully saturated rings. The van der Waals surface area contributed by atoms with Crippen molar-refractivity contribution in [3.05, 3.63) is 51.8 Å². The Morgan fingerprint density at radius 1 is 1.17 bits per heavy atom. The van der Waals surface area contributed by atoms with Crippen LogP contribution in [0.25, 0.3) is 11.1 Å². The van der Waals surface area contributed by atoms with E-state index in [1.165, 1.54) is 6.20 Å². The van der Waals surface area contributed by atoms with Crippen LogP contribution in [0.2, 0.25) is 0 Å². The summed E-state index contributed by atoms with van der Waals surface area (Å²) in [6, 6.07) is 5.52. The van der Waals surface area contributed by atoms with Gasteiger partial charge in [-0.15, -0.1) is 0 Å². The van der Waals surface area contributed by atoms with Crippen LogP contribution in [0.4, 0.5) is 11.4 Å². The van der Waals surface area contributed by atoms with Crippen molar-refractivity contribution in [2.75, 3.05) is 5.73 Å². The van der Waals surface area contributed by atoms with Gasteiger partial charge in [0, 0.05) is 23.0 Å². The minimum absolute atomic E-state index is 0.0225. The quantitative estimate of drug-likeness (QED) is 0.499. The molecule has 2 rings (SSSR count). The molecule has 1 aromatic heterocycles. The highest BCUT2D eigenvalue weighted by atomic mass is 16.6. The molecule has 5 heteroatoms. The molecule has 0 unspecified atom stereocenters. The van der Waals surface area contributed by atoms with Crippen molar-refractivity contribution in [1.82, 2.24) is 4.98 Å². The Hall–Kier alpha value is -2.43. The fraction of sp³-hybridized carbons (Fsp3) is 0.154. The Labute approximate surface area is 104 Å². The van der Waals surface area contributed by atoms with Crippen LogP contribution in [0.3, 0.4) is 0 Å². The van der Waals surface area contributed by atoms with E-state index in [0.717, 1.165) is 16.7 Å². The van der Waals surface area contributed by atoms with E-state index in [2.05, 4.69) is 4.98 Å². The van der Waals surface area contributed by atoms with Crippen LogP contribution in [0.5, 0.6) is 0 Å². The fourth-order valence-electron chi connectivity index (χ4n) is 1.91. The summed E-state index contributed by atoms with van der Waals surface area (Å²) in [7, 11) is 0. The third-order valence-electron chi connectivity index (χ3n) is 3.05. The number of hydrogen-bond donors (Lipinski definition) is 1. The van der Waals surface area contributed by atoms with Crippen molar-refractivity contribution in [1.29, 1.82) is 0 Å². The highest BCUT2D eigenvalue weighted by Gasteiger charge is 2.16. The Kier molecular flexibility index (Phi) is 2.97. The second kappa shape index (κ2) is 4.44. The molecule has 0 aliphatic rings. The summed E-state index contributed by atoms with van der Waals surface area (Å²) < 4.78 is 0. The lowest BCUT2D eigenvalue weighted by atomic mass is 9.97. The SMILES string of the molecule is Cc1c(N)cccc1-c1cncc([N+](=O)[O-])c1C. The van der Waals surface area contributed by atoms with Gasteiger partial charge in [-0.2, -0.15) is 0 Å². The van der Waals surface area contributed by atoms with Gasteiger partial charge in [0.2, 0.25) is 0 Å². The molecule has 1 aromatic carbocycles. The molecule has 0 saturated carbocycles. The van der Waals surface area contributed by atoms with Crippen molar-refractivity contribution in [2.45, 2.75) is 13.8 Å². The maximum absolute atomic E-state index is 10.9. The largest absolute Gasteiger partial charge is 0.398 e. The lowest BCUT2D eigenvalue weighted by molar-refractivity contribution is -0.385. The maximum Gasteiger partial charge on any atom is 0.291 e. The summed E-state index contributed by atoms with van der Waals surface area (Å²) >= 11 is 0. The second-order valence-electron chi connectivity index (χ2n) is 4.11. The molecule has 0 spiro atoms. The summed E-state index contributed by atoms with van der Waals surface area (Å²) in [5.41, 5.74) is 9.67. The number of anilines is 1. The van der Waals surface area contributed by atoms with E-state index < -0.39 is 4.92 Å². The predicted octanol–water partition coefficient (Wildman–Crippen LogP) is 2.86. The molecule has 0 amide bonds. The average Bonchev–Trinajstić information content (AvgIpc) is 2.33. The smallest absolute Gasteiger partial charge is 0.291 e. The van der Waals surface area contributed by atoms with E-state index in [4.69, 9.17) is 5.73 Å². The van der Waals surface area contributed by atoms with Gasteiger partial charge in [-0.25, -0.2) is 0 Å². The molecule has 0 radical (unpaired) electrons. The number of pyridine rings is 1. The number of aromatic nitrogens is 1. The molecule has 5 nitrogen and oxygen atoms in total. The summed E-state index contributed by atoms with van der Waals surface area (Å²) in [4.78, 5) is 14.4. The first kappa shape index (κ1) is 12.0. The zero-order valence-electron chi connectivity index (χ0n) is 10.2. The minimum Gasteiger partial charge on any atom is -0.398 e. The highest BCUT2D eigenvalue weighted by molar-refractivity contribution is 5.76. The molecule has 1 heterocycles. The maximum atomic E-state index is 10.9. The Balaban J connectivity index is 2.69. The fourth-order valence-corrected chi connectivity index (χ4v) is 1.91. The van der Waals surface area contributed by atoms with E-state index in [0.29, 0.717) is 11.3 Å². The zero-order valence-corrected chi connectivity index (χ0v) is 10.2. The van der Waals surface area contributed by atoms with Gasteiger partial charge in [0.25, 0.3) is 5.69 Å². The van der Waals surface area contributed by atoms with Gasteiger partial charge in [-0.05, 0) is 31.0 Å². The summed E-state index contributed by atoms with van der Waals surface area (Å²) in [5.74, 6) is 0. The van der Waals surface area contributed by atoms with Crippen molar-refractivity contribution < 1.29 is 4.92 Å². The number of nitrogen functional groups attached to an aromatic ring is 1. The Morgan fingerprint density at radius 2 is 1.89 bits per heavy atom. The van der Waals surface area contributed by atoms with Gasteiger partial charge in [0.15, 0.2) is 0 Å². The predicted molar refractivity (Wildman–Crippen MR) is 70.2 cm³/mol. The molecule has 18 heavy (non-hydrogen) atoms. The summed E-state index contributed by atoms with van der Waals surface area (Å²) in [5, 5.41) is 10.9. The van der Waals surface area contributed by atoms with Gasteiger partial charge in [0.05, 0.1) is 4.92 Å². The lowest BCUT2D eigenvalue weighted by Gasteiger charge is -2.10. The standard InChI is InChI=1S/C13H13N3O2/c1-8-10(4-3-5-12(8)14)11-6-15-7-13(9(11)2)16(17)18/h3-7H,14H2,1-2H3. The van der Waals surface area contributed by atoms with Crippen LogP contribution in [-0.2, 0) is 0 Å². The number of benzene rings is 1. The van der Waals surface area contributed by atoms with Crippen LogP contribution < -0.4 is 5.73 Å². The Morgan fingerprint density at radius 3 is 2.56 bits per heavy atom. The highest BCUT2D eigenvalue weighted by Crippen LogP contribution is 2.32. The second-order valence-corrected chi connectivity index (χ2v) is 4.11. The molecule has 0 aliphatic carbocycles. The molecule has 0 bridgehead atoms. The van der Waals surface area contributed by atoms with E-state index in [9.17, 15) is 10.1 Å². The first-order valence-electron chi connectivity index (χ1n) is 5.47. The first-order chi connectivity index (χ1) is 8.52. The number of nitrogens with two attached hydrogens (primary N) is 1. The van der Waals surface area contributed by atoms with E-state index in [1.807, 2.05) is 19.1 Å². The number of nitro groups is 1. The number of hydrogen-bond acceptors (Lipinski definition) is 4. The minimum atomic E-state index is -0.423. The molecule has 2 aromatic rings. The molecule has 0 saturated heterocycles. The number of nitrogens with zero attached hydrogens (tertiary/aromatic N) is 2. The van der Waals surface area contributed by atoms with Gasteiger partial charge < -0.3 is 5.73 Å². The molecule has 92 valence electrons. The molecular formula is C13H13N3O2. The third kappa shape index (κ3) is 1.90. The molecule has 2 N–H and O–H groups in total. The third-order valence-corrected chi connectivity index (χ3v) is 3.05. The van der Waals surface area contributed by atoms with Crippen LogP contribution in [0.1, 0.15) is 11.1 Å². The van der Waals surface area contributed by atoms with E-state index in [1.54, 1.807) is 19.2 Å². The summed E-state index contributed by atoms with van der Waals surface area (Å²) in [6.45, 7) is 3.61. The zero-order chi connectivity index (χ0) is 13.3. The van der Waals surface area contributed by atoms with Gasteiger partial charge in [0.1, 0.15) is 6.20 Å². The average molecular weight is 243 g/mol. The Bertz CT molecular complexity index is 624. The van der Waals surface area contributed by atoms with Gasteiger partial charge in [-0.1, -0.05) is 12.1 Å². The van der Waals surface area contributed by atoms with Crippen molar-refractivity contribution in [3.63, 3.8) is 0 Å². The van der Waals surface area contributed by atoms with Crippen molar-refractivity contribution in [3.8, 4) is 11.1 Å². The summed E-state index contributed by atoms with van der Waals surface area (Å²) in [6.07, 6.45) is 2.89. The van der Waals surface area contributed by atoms with Crippen LogP contribution >= 0.6 is 0 Å². The van der Waals surface area contributed by atoms with Crippen LogP contribution in [0, 0.1) is 24.0 Å². The lowest BCUT2D eigenvalue weighted by Crippen LogP contribution is -1.98. The topological polar surface area (TPSA) is 82.0 Å². The monoisotopic (exact) mass is 243 g/mol. The molecule has 0 aliphatic heterocycles. The van der Waals surface area contributed by atoms with E-state index >= 15 is 0 Å². The van der Waals surface area contributed by atoms with Crippen LogP contribution in [-0.4, -0.2) is 9.91 Å². The molecular weight excluding hydrogens is 230 g/mol. The van der Waals surface area contributed by atoms with Crippen molar-refractivity contribution >= 4 is 11.4 Å². The van der Waals surface area contributed by atoms with Crippen molar-refractivity contribution in [2.24, 2.45) is 0 Å². The first-order valence-corrected chi connectivity index (χ1v) is 5.47. The van der Waals surface area contributed by atoms with Gasteiger partial charge >= 0.3 is 0 Å². The van der Waals surface area contributed by atoms with Crippen LogP contribution in [0.15, 0.2) is 30.6 Å². The van der Waals surface area contributed by atoms with Gasteiger partial charge in [-0.3, -0.25) is 15.1 Å². The normalized spacial score (nSPS) is 10.3. The number of rotatable bonds is 2. The molecule has 0 atom stereocenters. The van der Waals surface area contributed by atoms with E-state index in [-0.39, 0.29) is 5.69 Å².